The highest BCUT2D eigenvalue weighted by Crippen LogP contribution is 2.32. The molecular formula is C22H22N6O. The van der Waals surface area contributed by atoms with E-state index in [0.29, 0.717) is 6.04 Å². The summed E-state index contributed by atoms with van der Waals surface area (Å²) in [5.74, 6) is 1.65. The number of nitrogens with zero attached hydrogens (tertiary/aromatic N) is 4. The number of pyridine rings is 3. The lowest BCUT2D eigenvalue weighted by molar-refractivity contribution is 0.416. The quantitative estimate of drug-likeness (QED) is 0.548. The Hall–Kier alpha value is -3.45. The Morgan fingerprint density at radius 2 is 2.17 bits per heavy atom. The van der Waals surface area contributed by atoms with Crippen LogP contribution in [0.4, 0.5) is 5.82 Å². The van der Waals surface area contributed by atoms with Gasteiger partial charge >= 0.3 is 0 Å². The zero-order valence-electron chi connectivity index (χ0n) is 16.2. The number of ether oxygens (including phenoxy) is 1. The van der Waals surface area contributed by atoms with Gasteiger partial charge in [0.2, 0.25) is 0 Å². The number of hydrogen-bond acceptors (Lipinski definition) is 6. The molecule has 0 saturated carbocycles. The minimum atomic E-state index is 0.418. The highest BCUT2D eigenvalue weighted by atomic mass is 16.5. The lowest BCUT2D eigenvalue weighted by Gasteiger charge is -2.13. The first-order valence-corrected chi connectivity index (χ1v) is 9.72. The van der Waals surface area contributed by atoms with E-state index in [0.717, 1.165) is 59.2 Å². The van der Waals surface area contributed by atoms with Crippen molar-refractivity contribution in [1.82, 2.24) is 24.7 Å². The Morgan fingerprint density at radius 3 is 2.97 bits per heavy atom. The van der Waals surface area contributed by atoms with Crippen molar-refractivity contribution < 1.29 is 4.74 Å². The molecule has 29 heavy (non-hydrogen) atoms. The normalized spacial score (nSPS) is 16.2. The molecule has 1 aliphatic heterocycles. The predicted octanol–water partition coefficient (Wildman–Crippen LogP) is 3.24. The Balaban J connectivity index is 1.57. The molecule has 2 N–H and O–H groups in total. The topological polar surface area (TPSA) is 76.4 Å². The van der Waals surface area contributed by atoms with Crippen molar-refractivity contribution >= 4 is 11.5 Å². The molecule has 0 aliphatic carbocycles. The molecule has 7 heteroatoms. The number of rotatable bonds is 5. The predicted molar refractivity (Wildman–Crippen MR) is 113 cm³/mol. The summed E-state index contributed by atoms with van der Waals surface area (Å²) in [6.07, 6.45) is 8.59. The number of nitrogens with one attached hydrogen (secondary N) is 2. The van der Waals surface area contributed by atoms with Gasteiger partial charge in [0.05, 0.1) is 24.7 Å². The van der Waals surface area contributed by atoms with Crippen LogP contribution in [0.1, 0.15) is 6.42 Å². The van der Waals surface area contributed by atoms with Crippen LogP contribution in [0.15, 0.2) is 61.2 Å². The second-order valence-electron chi connectivity index (χ2n) is 7.11. The molecule has 1 saturated heterocycles. The van der Waals surface area contributed by atoms with Gasteiger partial charge in [0.15, 0.2) is 0 Å². The summed E-state index contributed by atoms with van der Waals surface area (Å²) in [5.41, 5.74) is 4.56. The fraction of sp³-hybridized carbons (Fsp3) is 0.227. The Kier molecular flexibility index (Phi) is 4.57. The largest absolute Gasteiger partial charge is 0.496 e. The molecule has 146 valence electrons. The maximum Gasteiger partial charge on any atom is 0.140 e. The van der Waals surface area contributed by atoms with E-state index < -0.39 is 0 Å². The number of aromatic nitrogens is 4. The van der Waals surface area contributed by atoms with Crippen LogP contribution in [-0.4, -0.2) is 45.6 Å². The molecule has 0 radical (unpaired) electrons. The van der Waals surface area contributed by atoms with Crippen LogP contribution in [0.2, 0.25) is 0 Å². The molecular weight excluding hydrogens is 364 g/mol. The average Bonchev–Trinajstić information content (AvgIpc) is 3.43. The van der Waals surface area contributed by atoms with E-state index in [9.17, 15) is 0 Å². The second kappa shape index (κ2) is 7.52. The van der Waals surface area contributed by atoms with E-state index in [2.05, 4.69) is 20.6 Å². The third-order valence-corrected chi connectivity index (χ3v) is 5.23. The van der Waals surface area contributed by atoms with Gasteiger partial charge in [0.25, 0.3) is 0 Å². The molecule has 0 amide bonds. The van der Waals surface area contributed by atoms with E-state index in [-0.39, 0.29) is 0 Å². The molecule has 0 aromatic carbocycles. The third-order valence-electron chi connectivity index (χ3n) is 5.23. The lowest BCUT2D eigenvalue weighted by Crippen LogP contribution is -2.22. The van der Waals surface area contributed by atoms with E-state index in [1.807, 2.05) is 59.4 Å². The van der Waals surface area contributed by atoms with Crippen molar-refractivity contribution in [3.63, 3.8) is 0 Å². The van der Waals surface area contributed by atoms with Gasteiger partial charge in [0, 0.05) is 48.4 Å². The van der Waals surface area contributed by atoms with Crippen molar-refractivity contribution in [1.29, 1.82) is 0 Å². The molecule has 4 aromatic rings. The fourth-order valence-corrected chi connectivity index (χ4v) is 3.75. The average molecular weight is 386 g/mol. The zero-order valence-corrected chi connectivity index (χ0v) is 16.2. The van der Waals surface area contributed by atoms with E-state index in [4.69, 9.17) is 9.72 Å². The minimum Gasteiger partial charge on any atom is -0.496 e. The van der Waals surface area contributed by atoms with Gasteiger partial charge in [-0.05, 0) is 31.2 Å². The fourth-order valence-electron chi connectivity index (χ4n) is 3.75. The standard InChI is InChI=1S/C22H22N6O/c1-29-20-10-22-25-13-19(28(22)14-17(20)15-4-3-8-23-11-15)18-5-2-6-21(27-18)26-16-7-9-24-12-16/h2-6,8,10-11,13-14,16,24H,7,9,12H2,1H3,(H,26,27). The van der Waals surface area contributed by atoms with Crippen molar-refractivity contribution in [2.45, 2.75) is 12.5 Å². The highest BCUT2D eigenvalue weighted by Gasteiger charge is 2.16. The summed E-state index contributed by atoms with van der Waals surface area (Å²) < 4.78 is 7.65. The van der Waals surface area contributed by atoms with Crippen molar-refractivity contribution in [2.75, 3.05) is 25.5 Å². The summed E-state index contributed by atoms with van der Waals surface area (Å²) in [4.78, 5) is 13.6. The van der Waals surface area contributed by atoms with E-state index in [1.54, 1.807) is 13.3 Å². The monoisotopic (exact) mass is 386 g/mol. The van der Waals surface area contributed by atoms with Crippen LogP contribution in [0.25, 0.3) is 28.2 Å². The van der Waals surface area contributed by atoms with Gasteiger partial charge in [-0.3, -0.25) is 9.38 Å². The van der Waals surface area contributed by atoms with Crippen molar-refractivity contribution in [3.8, 4) is 28.3 Å². The van der Waals surface area contributed by atoms with E-state index >= 15 is 0 Å². The number of anilines is 1. The maximum absolute atomic E-state index is 5.60. The van der Waals surface area contributed by atoms with Crippen LogP contribution >= 0.6 is 0 Å². The second-order valence-corrected chi connectivity index (χ2v) is 7.11. The third kappa shape index (κ3) is 3.40. The zero-order chi connectivity index (χ0) is 19.6. The summed E-state index contributed by atoms with van der Waals surface area (Å²) >= 11 is 0. The molecule has 5 rings (SSSR count). The van der Waals surface area contributed by atoms with Gasteiger partial charge in [0.1, 0.15) is 17.2 Å². The first-order valence-electron chi connectivity index (χ1n) is 9.72. The van der Waals surface area contributed by atoms with Crippen LogP contribution < -0.4 is 15.4 Å². The molecule has 1 atom stereocenters. The summed E-state index contributed by atoms with van der Waals surface area (Å²) in [7, 11) is 1.67. The molecule has 4 aromatic heterocycles. The van der Waals surface area contributed by atoms with Gasteiger partial charge in [-0.1, -0.05) is 12.1 Å². The molecule has 1 aliphatic rings. The smallest absolute Gasteiger partial charge is 0.140 e. The number of methoxy groups -OCH3 is 1. The number of hydrogen-bond donors (Lipinski definition) is 2. The van der Waals surface area contributed by atoms with Crippen molar-refractivity contribution in [3.05, 3.63) is 61.2 Å². The van der Waals surface area contributed by atoms with Gasteiger partial charge in [-0.25, -0.2) is 9.97 Å². The molecule has 1 fully saturated rings. The Morgan fingerprint density at radius 1 is 1.21 bits per heavy atom. The first-order chi connectivity index (χ1) is 14.3. The van der Waals surface area contributed by atoms with Gasteiger partial charge in [-0.15, -0.1) is 0 Å². The van der Waals surface area contributed by atoms with Crippen molar-refractivity contribution in [2.24, 2.45) is 0 Å². The summed E-state index contributed by atoms with van der Waals surface area (Å²) in [6, 6.07) is 12.3. The maximum atomic E-state index is 5.60. The van der Waals surface area contributed by atoms with Crippen LogP contribution in [0, 0.1) is 0 Å². The minimum absolute atomic E-state index is 0.418. The van der Waals surface area contributed by atoms with Crippen LogP contribution in [-0.2, 0) is 0 Å². The molecule has 0 bridgehead atoms. The van der Waals surface area contributed by atoms with Gasteiger partial charge < -0.3 is 15.4 Å². The molecule has 1 unspecified atom stereocenters. The Bertz CT molecular complexity index is 1130. The van der Waals surface area contributed by atoms with Crippen LogP contribution in [0.5, 0.6) is 5.75 Å². The Labute approximate surface area is 168 Å². The SMILES string of the molecule is COc1cc2ncc(-c3cccc(NC4CCNC4)n3)n2cc1-c1cccnc1. The van der Waals surface area contributed by atoms with Gasteiger partial charge in [-0.2, -0.15) is 0 Å². The van der Waals surface area contributed by atoms with Crippen LogP contribution in [0.3, 0.4) is 0 Å². The summed E-state index contributed by atoms with van der Waals surface area (Å²) in [6.45, 7) is 2.01. The molecule has 7 nitrogen and oxygen atoms in total. The number of fused-ring (bicyclic) bond motifs is 1. The molecule has 5 heterocycles. The summed E-state index contributed by atoms with van der Waals surface area (Å²) in [5, 5.41) is 6.89. The first kappa shape index (κ1) is 17.6. The van der Waals surface area contributed by atoms with E-state index in [1.165, 1.54) is 0 Å². The lowest BCUT2D eigenvalue weighted by atomic mass is 10.1. The molecule has 0 spiro atoms. The highest BCUT2D eigenvalue weighted by molar-refractivity contribution is 5.74. The number of imidazole rings is 1.